The molecule has 0 fully saturated rings. The zero-order valence-electron chi connectivity index (χ0n) is 17.2. The van der Waals surface area contributed by atoms with Crippen LogP contribution in [-0.2, 0) is 5.92 Å². The van der Waals surface area contributed by atoms with Gasteiger partial charge in [-0.3, -0.25) is 4.79 Å². The molecule has 1 atom stereocenters. The Bertz CT molecular complexity index is 1030. The third-order valence-electron chi connectivity index (χ3n) is 4.52. The van der Waals surface area contributed by atoms with Crippen LogP contribution in [0.15, 0.2) is 43.0 Å². The van der Waals surface area contributed by atoms with E-state index in [-0.39, 0.29) is 41.4 Å². The maximum Gasteiger partial charge on any atom is 0.272 e. The second kappa shape index (κ2) is 9.34. The van der Waals surface area contributed by atoms with Gasteiger partial charge < -0.3 is 9.64 Å². The maximum atomic E-state index is 13.3. The van der Waals surface area contributed by atoms with E-state index in [0.29, 0.717) is 11.6 Å². The summed E-state index contributed by atoms with van der Waals surface area (Å²) in [7, 11) is 0. The first kappa shape index (κ1) is 22.5. The van der Waals surface area contributed by atoms with Crippen LogP contribution in [-0.4, -0.2) is 55.0 Å². The van der Waals surface area contributed by atoms with Crippen LogP contribution in [0.3, 0.4) is 0 Å². The van der Waals surface area contributed by atoms with E-state index in [1.165, 1.54) is 41.6 Å². The molecule has 0 spiro atoms. The van der Waals surface area contributed by atoms with Gasteiger partial charge in [-0.15, -0.1) is 4.80 Å². The molecule has 8 nitrogen and oxygen atoms in total. The van der Waals surface area contributed by atoms with Crippen LogP contribution >= 0.6 is 11.6 Å². The Morgan fingerprint density at radius 1 is 1.26 bits per heavy atom. The fraction of sp³-hybridized carbons (Fsp3) is 0.350. The molecule has 0 saturated heterocycles. The number of ether oxygens (including phenoxy) is 1. The Hall–Kier alpha value is -3.14. The lowest BCUT2D eigenvalue weighted by Crippen LogP contribution is -2.42. The number of carbonyl (C=O) groups excluding carboxylic acids is 1. The molecule has 0 aliphatic carbocycles. The number of likely N-dealkylation sites (N-methyl/N-ethyl adjacent to an activating group) is 1. The summed E-state index contributed by atoms with van der Waals surface area (Å²) in [6, 6.07) is 3.79. The van der Waals surface area contributed by atoms with Crippen molar-refractivity contribution in [1.29, 1.82) is 0 Å². The van der Waals surface area contributed by atoms with Crippen molar-refractivity contribution >= 4 is 17.5 Å². The van der Waals surface area contributed by atoms with Crippen molar-refractivity contribution in [3.63, 3.8) is 0 Å². The van der Waals surface area contributed by atoms with E-state index in [2.05, 4.69) is 20.2 Å². The van der Waals surface area contributed by atoms with Gasteiger partial charge in [0.15, 0.2) is 5.82 Å². The monoisotopic (exact) mass is 450 g/mol. The van der Waals surface area contributed by atoms with E-state index in [0.717, 1.165) is 13.1 Å². The molecule has 1 amide bonds. The van der Waals surface area contributed by atoms with Crippen molar-refractivity contribution in [3.05, 3.63) is 59.1 Å². The second-order valence-electron chi connectivity index (χ2n) is 6.87. The first-order chi connectivity index (χ1) is 14.7. The molecule has 3 aromatic heterocycles. The van der Waals surface area contributed by atoms with Crippen LogP contribution in [0.2, 0.25) is 5.02 Å². The van der Waals surface area contributed by atoms with Crippen LogP contribution in [0.5, 0.6) is 5.88 Å². The van der Waals surface area contributed by atoms with Crippen molar-refractivity contribution in [2.45, 2.75) is 32.7 Å². The average Bonchev–Trinajstić information content (AvgIpc) is 3.27. The number of nitrogens with zero attached hydrogens (tertiary/aromatic N) is 6. The molecule has 164 valence electrons. The highest BCUT2D eigenvalue weighted by atomic mass is 35.5. The molecule has 0 aliphatic rings. The number of hydrogen-bond acceptors (Lipinski definition) is 6. The van der Waals surface area contributed by atoms with E-state index in [1.807, 2.05) is 6.92 Å². The van der Waals surface area contributed by atoms with Gasteiger partial charge in [-0.25, -0.2) is 18.7 Å². The number of halogens is 3. The van der Waals surface area contributed by atoms with Crippen molar-refractivity contribution in [2.24, 2.45) is 0 Å². The number of aromatic nitrogens is 5. The van der Waals surface area contributed by atoms with Crippen LogP contribution < -0.4 is 4.74 Å². The SMILES string of the molecule is CCN(C(=O)c1cc(Cl)cnc1-n1nccn1)[C@@H](C)COc1ccc(C(C)(F)F)cn1. The number of rotatable bonds is 8. The lowest BCUT2D eigenvalue weighted by Gasteiger charge is -2.28. The largest absolute Gasteiger partial charge is 0.475 e. The first-order valence-corrected chi connectivity index (χ1v) is 9.88. The summed E-state index contributed by atoms with van der Waals surface area (Å²) in [6.07, 6.45) is 5.44. The molecule has 0 unspecified atom stereocenters. The fourth-order valence-electron chi connectivity index (χ4n) is 2.91. The van der Waals surface area contributed by atoms with Gasteiger partial charge in [-0.05, 0) is 26.0 Å². The molecule has 3 rings (SSSR count). The Morgan fingerprint density at radius 3 is 2.55 bits per heavy atom. The van der Waals surface area contributed by atoms with Crippen LogP contribution in [0, 0.1) is 0 Å². The lowest BCUT2D eigenvalue weighted by atomic mass is 10.2. The summed E-state index contributed by atoms with van der Waals surface area (Å²) >= 11 is 6.07. The highest BCUT2D eigenvalue weighted by molar-refractivity contribution is 6.30. The topological polar surface area (TPSA) is 86.0 Å². The van der Waals surface area contributed by atoms with E-state index in [1.54, 1.807) is 11.8 Å². The molecule has 0 aliphatic heterocycles. The van der Waals surface area contributed by atoms with Gasteiger partial charge in [0.05, 0.1) is 29.0 Å². The minimum Gasteiger partial charge on any atom is -0.475 e. The quantitative estimate of drug-likeness (QED) is 0.519. The number of carbonyl (C=O) groups is 1. The smallest absolute Gasteiger partial charge is 0.272 e. The molecular weight excluding hydrogens is 430 g/mol. The zero-order valence-corrected chi connectivity index (χ0v) is 17.9. The standard InChI is InChI=1S/C20H21ClF2N6O2/c1-4-28(13(2)12-31-17-6-5-14(10-24-17)20(3,22)23)19(30)16-9-15(21)11-25-18(16)29-26-7-8-27-29/h5-11,13H,4,12H2,1-3H3/t13-/m0/s1. The minimum absolute atomic E-state index is 0.109. The molecule has 31 heavy (non-hydrogen) atoms. The highest BCUT2D eigenvalue weighted by Gasteiger charge is 2.26. The van der Waals surface area contributed by atoms with Crippen molar-refractivity contribution < 1.29 is 18.3 Å². The van der Waals surface area contributed by atoms with Gasteiger partial charge in [0.1, 0.15) is 6.61 Å². The van der Waals surface area contributed by atoms with E-state index >= 15 is 0 Å². The molecule has 3 aromatic rings. The van der Waals surface area contributed by atoms with E-state index < -0.39 is 5.92 Å². The van der Waals surface area contributed by atoms with Crippen molar-refractivity contribution in [2.75, 3.05) is 13.2 Å². The van der Waals surface area contributed by atoms with E-state index in [9.17, 15) is 13.6 Å². The molecule has 0 N–H and O–H groups in total. The molecule has 0 bridgehead atoms. The molecule has 3 heterocycles. The van der Waals surface area contributed by atoms with Crippen molar-refractivity contribution in [3.8, 4) is 11.7 Å². The molecule has 0 saturated carbocycles. The van der Waals surface area contributed by atoms with Gasteiger partial charge in [0, 0.05) is 37.5 Å². The number of hydrogen-bond donors (Lipinski definition) is 0. The maximum absolute atomic E-state index is 13.3. The van der Waals surface area contributed by atoms with Gasteiger partial charge >= 0.3 is 0 Å². The highest BCUT2D eigenvalue weighted by Crippen LogP contribution is 2.27. The third kappa shape index (κ3) is 5.32. The summed E-state index contributed by atoms with van der Waals surface area (Å²) in [5, 5.41) is 8.37. The second-order valence-corrected chi connectivity index (χ2v) is 7.30. The lowest BCUT2D eigenvalue weighted by molar-refractivity contribution is 0.0169. The van der Waals surface area contributed by atoms with Crippen LogP contribution in [0.25, 0.3) is 5.82 Å². The zero-order chi connectivity index (χ0) is 22.6. The number of amides is 1. The Labute approximate surface area is 182 Å². The first-order valence-electron chi connectivity index (χ1n) is 9.51. The third-order valence-corrected chi connectivity index (χ3v) is 4.73. The Morgan fingerprint density at radius 2 is 1.97 bits per heavy atom. The summed E-state index contributed by atoms with van der Waals surface area (Å²) < 4.78 is 32.2. The number of pyridine rings is 2. The molecule has 0 radical (unpaired) electrons. The predicted octanol–water partition coefficient (Wildman–Crippen LogP) is 3.75. The number of alkyl halides is 2. The normalized spacial score (nSPS) is 12.5. The summed E-state index contributed by atoms with van der Waals surface area (Å²) in [6.45, 7) is 4.93. The Kier molecular flexibility index (Phi) is 6.79. The van der Waals surface area contributed by atoms with Crippen LogP contribution in [0.1, 0.15) is 36.7 Å². The fourth-order valence-corrected chi connectivity index (χ4v) is 3.06. The van der Waals surface area contributed by atoms with Gasteiger partial charge in [-0.2, -0.15) is 10.2 Å². The minimum atomic E-state index is -2.98. The molecule has 11 heteroatoms. The van der Waals surface area contributed by atoms with Crippen molar-refractivity contribution in [1.82, 2.24) is 29.9 Å². The average molecular weight is 451 g/mol. The van der Waals surface area contributed by atoms with Gasteiger partial charge in [0.25, 0.3) is 11.8 Å². The van der Waals surface area contributed by atoms with Crippen LogP contribution in [0.4, 0.5) is 8.78 Å². The summed E-state index contributed by atoms with van der Waals surface area (Å²) in [5.74, 6) is -2.86. The molecule has 0 aromatic carbocycles. The molecular formula is C20H21ClF2N6O2. The van der Waals surface area contributed by atoms with E-state index in [4.69, 9.17) is 16.3 Å². The van der Waals surface area contributed by atoms with Gasteiger partial charge in [-0.1, -0.05) is 11.6 Å². The summed E-state index contributed by atoms with van der Waals surface area (Å²) in [5.41, 5.74) is 0.0385. The predicted molar refractivity (Wildman–Crippen MR) is 110 cm³/mol. The summed E-state index contributed by atoms with van der Waals surface area (Å²) in [4.78, 5) is 24.2. The Balaban J connectivity index is 1.74. The van der Waals surface area contributed by atoms with Gasteiger partial charge in [0.2, 0.25) is 5.88 Å².